The smallest absolute Gasteiger partial charge is 0.262 e. The monoisotopic (exact) mass is 365 g/mol. The molecule has 3 nitrogen and oxygen atoms in total. The third kappa shape index (κ3) is 3.81. The lowest BCUT2D eigenvalue weighted by atomic mass is 10.1. The summed E-state index contributed by atoms with van der Waals surface area (Å²) in [5.41, 5.74) is 4.76. The van der Waals surface area contributed by atoms with Gasteiger partial charge < -0.3 is 0 Å². The number of sulfonamides is 1. The van der Waals surface area contributed by atoms with Crippen LogP contribution >= 0.6 is 0 Å². The summed E-state index contributed by atoms with van der Waals surface area (Å²) >= 11 is 0. The Morgan fingerprint density at radius 2 is 1.46 bits per heavy atom. The molecule has 0 aromatic heterocycles. The van der Waals surface area contributed by atoms with Crippen LogP contribution in [0.4, 0.5) is 5.69 Å². The zero-order valence-electron chi connectivity index (χ0n) is 15.3. The molecule has 3 rings (SSSR count). The van der Waals surface area contributed by atoms with Crippen LogP contribution in [0.3, 0.4) is 0 Å². The lowest BCUT2D eigenvalue weighted by Gasteiger charge is -2.27. The van der Waals surface area contributed by atoms with Gasteiger partial charge in [0, 0.05) is 0 Å². The number of benzene rings is 3. The van der Waals surface area contributed by atoms with Crippen LogP contribution in [0, 0.1) is 20.8 Å². The summed E-state index contributed by atoms with van der Waals surface area (Å²) in [4.78, 5) is 0.300. The molecule has 0 amide bonds. The van der Waals surface area contributed by atoms with E-state index in [1.165, 1.54) is 4.31 Å². The van der Waals surface area contributed by atoms with E-state index in [-0.39, 0.29) is 0 Å². The average Bonchev–Trinajstić information content (AvgIpc) is 2.63. The summed E-state index contributed by atoms with van der Waals surface area (Å²) in [6.45, 7) is 6.22. The van der Waals surface area contributed by atoms with Crippen LogP contribution in [0.5, 0.6) is 0 Å². The fraction of sp³-hybridized carbons (Fsp3) is 0.182. The zero-order chi connectivity index (χ0) is 18.7. The van der Waals surface area contributed by atoms with Crippen molar-refractivity contribution in [3.05, 3.63) is 95.1 Å². The lowest BCUT2D eigenvalue weighted by Crippen LogP contribution is -2.31. The number of aryl methyl sites for hydroxylation is 3. The van der Waals surface area contributed by atoms with Gasteiger partial charge in [0.1, 0.15) is 0 Å². The Kier molecular flexibility index (Phi) is 5.14. The fourth-order valence-electron chi connectivity index (χ4n) is 2.98. The van der Waals surface area contributed by atoms with Gasteiger partial charge in [-0.1, -0.05) is 60.2 Å². The molecule has 134 valence electrons. The van der Waals surface area contributed by atoms with E-state index < -0.39 is 10.0 Å². The summed E-state index contributed by atoms with van der Waals surface area (Å²) in [5.74, 6) is 0. The molecule has 0 bridgehead atoms. The normalized spacial score (nSPS) is 11.3. The van der Waals surface area contributed by atoms with E-state index in [2.05, 4.69) is 0 Å². The number of rotatable bonds is 5. The van der Waals surface area contributed by atoms with Crippen molar-refractivity contribution in [2.45, 2.75) is 32.2 Å². The van der Waals surface area contributed by atoms with Crippen molar-refractivity contribution in [3.63, 3.8) is 0 Å². The van der Waals surface area contributed by atoms with Gasteiger partial charge in [0.2, 0.25) is 0 Å². The van der Waals surface area contributed by atoms with Crippen molar-refractivity contribution in [2.24, 2.45) is 0 Å². The molecule has 0 saturated carbocycles. The van der Waals surface area contributed by atoms with Crippen molar-refractivity contribution in [1.29, 1.82) is 0 Å². The van der Waals surface area contributed by atoms with Crippen molar-refractivity contribution in [1.82, 2.24) is 0 Å². The number of hydrogen-bond acceptors (Lipinski definition) is 2. The molecule has 0 saturated heterocycles. The number of nitrogens with zero attached hydrogens (tertiary/aromatic N) is 1. The summed E-state index contributed by atoms with van der Waals surface area (Å²) in [5, 5.41) is 0. The summed E-state index contributed by atoms with van der Waals surface area (Å²) in [6.07, 6.45) is 0. The van der Waals surface area contributed by atoms with E-state index in [4.69, 9.17) is 0 Å². The van der Waals surface area contributed by atoms with Crippen LogP contribution in [-0.2, 0) is 16.6 Å². The van der Waals surface area contributed by atoms with Gasteiger partial charge in [0.25, 0.3) is 10.0 Å². The van der Waals surface area contributed by atoms with Crippen molar-refractivity contribution < 1.29 is 8.42 Å². The molecule has 0 spiro atoms. The zero-order valence-corrected chi connectivity index (χ0v) is 16.1. The minimum atomic E-state index is -3.67. The van der Waals surface area contributed by atoms with Gasteiger partial charge in [0.05, 0.1) is 17.1 Å². The maximum absolute atomic E-state index is 13.4. The lowest BCUT2D eigenvalue weighted by molar-refractivity contribution is 0.590. The van der Waals surface area contributed by atoms with Gasteiger partial charge in [-0.3, -0.25) is 4.31 Å². The largest absolute Gasteiger partial charge is 0.264 e. The van der Waals surface area contributed by atoms with E-state index in [1.54, 1.807) is 24.3 Å². The quantitative estimate of drug-likeness (QED) is 0.637. The maximum atomic E-state index is 13.4. The first-order chi connectivity index (χ1) is 12.4. The summed E-state index contributed by atoms with van der Waals surface area (Å²) in [7, 11) is -3.67. The van der Waals surface area contributed by atoms with Crippen LogP contribution in [0.15, 0.2) is 77.7 Å². The second-order valence-electron chi connectivity index (χ2n) is 6.60. The number of anilines is 1. The average molecular weight is 365 g/mol. The van der Waals surface area contributed by atoms with Gasteiger partial charge in [0.15, 0.2) is 0 Å². The fourth-order valence-corrected chi connectivity index (χ4v) is 4.51. The minimum Gasteiger partial charge on any atom is -0.262 e. The van der Waals surface area contributed by atoms with E-state index in [0.29, 0.717) is 11.4 Å². The van der Waals surface area contributed by atoms with E-state index in [1.807, 2.05) is 69.3 Å². The molecule has 0 aliphatic heterocycles. The molecule has 3 aromatic carbocycles. The molecule has 0 unspecified atom stereocenters. The Morgan fingerprint density at radius 3 is 2.15 bits per heavy atom. The topological polar surface area (TPSA) is 37.4 Å². The van der Waals surface area contributed by atoms with Crippen molar-refractivity contribution in [3.8, 4) is 0 Å². The molecule has 0 heterocycles. The van der Waals surface area contributed by atoms with Gasteiger partial charge >= 0.3 is 0 Å². The molecular weight excluding hydrogens is 342 g/mol. The van der Waals surface area contributed by atoms with Crippen LogP contribution in [0.1, 0.15) is 22.3 Å². The van der Waals surface area contributed by atoms with Gasteiger partial charge in [-0.25, -0.2) is 8.42 Å². The van der Waals surface area contributed by atoms with E-state index in [9.17, 15) is 8.42 Å². The third-order valence-electron chi connectivity index (χ3n) is 4.37. The van der Waals surface area contributed by atoms with E-state index in [0.717, 1.165) is 27.9 Å². The van der Waals surface area contributed by atoms with Crippen molar-refractivity contribution in [2.75, 3.05) is 4.31 Å². The first-order valence-corrected chi connectivity index (χ1v) is 10.0. The SMILES string of the molecule is Cc1cccc(CN(c2cc(C)ccc2C)S(=O)(=O)c2ccccc2)c1. The number of hydrogen-bond donors (Lipinski definition) is 0. The first kappa shape index (κ1) is 18.2. The Labute approximate surface area is 156 Å². The van der Waals surface area contributed by atoms with Crippen LogP contribution in [0.25, 0.3) is 0 Å². The molecule has 0 aliphatic rings. The molecule has 3 aromatic rings. The van der Waals surface area contributed by atoms with E-state index >= 15 is 0 Å². The molecule has 4 heteroatoms. The predicted octanol–water partition coefficient (Wildman–Crippen LogP) is 5.01. The van der Waals surface area contributed by atoms with Crippen LogP contribution < -0.4 is 4.31 Å². The molecule has 0 aliphatic carbocycles. The molecule has 0 atom stereocenters. The highest BCUT2D eigenvalue weighted by molar-refractivity contribution is 7.92. The predicted molar refractivity (Wildman–Crippen MR) is 107 cm³/mol. The molecular formula is C22H23NO2S. The molecule has 26 heavy (non-hydrogen) atoms. The Morgan fingerprint density at radius 1 is 0.769 bits per heavy atom. The highest BCUT2D eigenvalue weighted by Crippen LogP contribution is 2.29. The minimum absolute atomic E-state index is 0.295. The Hall–Kier alpha value is -2.59. The Bertz CT molecular complexity index is 1010. The Balaban J connectivity index is 2.14. The second kappa shape index (κ2) is 7.34. The standard InChI is InChI=1S/C22H23NO2S/c1-17-8-7-9-20(14-17)16-23(22-15-18(2)12-13-19(22)3)26(24,25)21-10-5-4-6-11-21/h4-15H,16H2,1-3H3. The second-order valence-corrected chi connectivity index (χ2v) is 8.47. The van der Waals surface area contributed by atoms with Crippen LogP contribution in [-0.4, -0.2) is 8.42 Å². The molecule has 0 fully saturated rings. The molecule has 0 N–H and O–H groups in total. The maximum Gasteiger partial charge on any atom is 0.264 e. The van der Waals surface area contributed by atoms with Gasteiger partial charge in [-0.2, -0.15) is 0 Å². The van der Waals surface area contributed by atoms with Crippen LogP contribution in [0.2, 0.25) is 0 Å². The van der Waals surface area contributed by atoms with Gasteiger partial charge in [-0.15, -0.1) is 0 Å². The highest BCUT2D eigenvalue weighted by Gasteiger charge is 2.26. The summed E-state index contributed by atoms with van der Waals surface area (Å²) in [6, 6.07) is 22.5. The van der Waals surface area contributed by atoms with Crippen molar-refractivity contribution >= 4 is 15.7 Å². The third-order valence-corrected chi connectivity index (χ3v) is 6.15. The molecule has 0 radical (unpaired) electrons. The summed E-state index contributed by atoms with van der Waals surface area (Å²) < 4.78 is 28.3. The van der Waals surface area contributed by atoms with Gasteiger partial charge in [-0.05, 0) is 55.7 Å². The highest BCUT2D eigenvalue weighted by atomic mass is 32.2. The first-order valence-electron chi connectivity index (χ1n) is 8.58.